The summed E-state index contributed by atoms with van der Waals surface area (Å²) in [4.78, 5) is 11.5. The van der Waals surface area contributed by atoms with E-state index < -0.39 is 0 Å². The standard InChI is InChI=1S/C17H23ClO2/c18-14-8-3-1-2-4-9-15-20-17(19)13-12-16-10-6-5-7-11-16/h5-7,10-13H,1-4,8-9,14-15H2/b13-12+. The molecule has 20 heavy (non-hydrogen) atoms. The Labute approximate surface area is 126 Å². The zero-order valence-corrected chi connectivity index (χ0v) is 12.6. The van der Waals surface area contributed by atoms with Gasteiger partial charge in [0, 0.05) is 12.0 Å². The van der Waals surface area contributed by atoms with Gasteiger partial charge in [-0.05, 0) is 24.5 Å². The molecule has 0 heterocycles. The van der Waals surface area contributed by atoms with Crippen LogP contribution in [-0.4, -0.2) is 18.5 Å². The number of unbranched alkanes of at least 4 members (excludes halogenated alkanes) is 5. The fourth-order valence-electron chi connectivity index (χ4n) is 1.85. The fraction of sp³-hybridized carbons (Fsp3) is 0.471. The summed E-state index contributed by atoms with van der Waals surface area (Å²) in [6, 6.07) is 9.72. The maximum atomic E-state index is 11.5. The summed E-state index contributed by atoms with van der Waals surface area (Å²) in [5, 5.41) is 0. The molecule has 110 valence electrons. The molecule has 1 aromatic carbocycles. The lowest BCUT2D eigenvalue weighted by atomic mass is 10.1. The monoisotopic (exact) mass is 294 g/mol. The van der Waals surface area contributed by atoms with Gasteiger partial charge in [0.1, 0.15) is 0 Å². The summed E-state index contributed by atoms with van der Waals surface area (Å²) in [5.41, 5.74) is 1.00. The molecule has 0 fully saturated rings. The second kappa shape index (κ2) is 11.5. The molecule has 0 saturated carbocycles. The molecule has 2 nitrogen and oxygen atoms in total. The van der Waals surface area contributed by atoms with Crippen LogP contribution in [0.25, 0.3) is 6.08 Å². The number of hydrogen-bond donors (Lipinski definition) is 0. The predicted molar refractivity (Wildman–Crippen MR) is 84.9 cm³/mol. The molecular weight excluding hydrogens is 272 g/mol. The number of benzene rings is 1. The average molecular weight is 295 g/mol. The lowest BCUT2D eigenvalue weighted by molar-refractivity contribution is -0.137. The molecule has 0 bridgehead atoms. The lowest BCUT2D eigenvalue weighted by Crippen LogP contribution is -2.02. The normalized spacial score (nSPS) is 10.8. The summed E-state index contributed by atoms with van der Waals surface area (Å²) < 4.78 is 5.14. The Hall–Kier alpha value is -1.28. The van der Waals surface area contributed by atoms with Crippen molar-refractivity contribution in [3.8, 4) is 0 Å². The van der Waals surface area contributed by atoms with Gasteiger partial charge in [-0.3, -0.25) is 0 Å². The minimum atomic E-state index is -0.268. The zero-order valence-electron chi connectivity index (χ0n) is 11.9. The van der Waals surface area contributed by atoms with Crippen LogP contribution in [0, 0.1) is 0 Å². The third-order valence-electron chi connectivity index (χ3n) is 2.98. The van der Waals surface area contributed by atoms with E-state index in [2.05, 4.69) is 0 Å². The number of carbonyl (C=O) groups is 1. The van der Waals surface area contributed by atoms with Crippen LogP contribution in [0.15, 0.2) is 36.4 Å². The van der Waals surface area contributed by atoms with Gasteiger partial charge in [-0.15, -0.1) is 11.6 Å². The SMILES string of the molecule is O=C(/C=C/c1ccccc1)OCCCCCCCCCl. The molecule has 0 aliphatic heterocycles. The van der Waals surface area contributed by atoms with Crippen LogP contribution < -0.4 is 0 Å². The molecule has 0 spiro atoms. The van der Waals surface area contributed by atoms with E-state index >= 15 is 0 Å². The average Bonchev–Trinajstić information content (AvgIpc) is 2.49. The van der Waals surface area contributed by atoms with Crippen molar-refractivity contribution in [1.82, 2.24) is 0 Å². The molecule has 0 aromatic heterocycles. The zero-order chi connectivity index (χ0) is 14.5. The highest BCUT2D eigenvalue weighted by Crippen LogP contribution is 2.06. The third-order valence-corrected chi connectivity index (χ3v) is 3.25. The first kappa shape index (κ1) is 16.8. The van der Waals surface area contributed by atoms with Crippen molar-refractivity contribution < 1.29 is 9.53 Å². The van der Waals surface area contributed by atoms with Gasteiger partial charge >= 0.3 is 5.97 Å². The highest BCUT2D eigenvalue weighted by Gasteiger charge is 1.97. The largest absolute Gasteiger partial charge is 0.463 e. The van der Waals surface area contributed by atoms with Gasteiger partial charge in [0.25, 0.3) is 0 Å². The van der Waals surface area contributed by atoms with E-state index in [0.29, 0.717) is 6.61 Å². The van der Waals surface area contributed by atoms with E-state index in [1.165, 1.54) is 25.3 Å². The van der Waals surface area contributed by atoms with Gasteiger partial charge in [-0.25, -0.2) is 4.79 Å². The van der Waals surface area contributed by atoms with Gasteiger partial charge in [0.15, 0.2) is 0 Å². The van der Waals surface area contributed by atoms with Crippen LogP contribution in [0.5, 0.6) is 0 Å². The van der Waals surface area contributed by atoms with E-state index in [1.54, 1.807) is 6.08 Å². The first-order chi connectivity index (χ1) is 9.83. The highest BCUT2D eigenvalue weighted by atomic mass is 35.5. The molecular formula is C17H23ClO2. The minimum Gasteiger partial charge on any atom is -0.463 e. The Morgan fingerprint density at radius 3 is 2.35 bits per heavy atom. The van der Waals surface area contributed by atoms with Crippen LogP contribution in [0.2, 0.25) is 0 Å². The Kier molecular flexibility index (Phi) is 9.68. The Balaban J connectivity index is 2.02. The van der Waals surface area contributed by atoms with E-state index in [9.17, 15) is 4.79 Å². The van der Waals surface area contributed by atoms with E-state index in [0.717, 1.165) is 30.7 Å². The third kappa shape index (κ3) is 8.76. The van der Waals surface area contributed by atoms with E-state index in [4.69, 9.17) is 16.3 Å². The van der Waals surface area contributed by atoms with Gasteiger partial charge in [-0.2, -0.15) is 0 Å². The summed E-state index contributed by atoms with van der Waals surface area (Å²) >= 11 is 5.61. The fourth-order valence-corrected chi connectivity index (χ4v) is 2.04. The van der Waals surface area contributed by atoms with Crippen LogP contribution in [0.1, 0.15) is 44.1 Å². The smallest absolute Gasteiger partial charge is 0.330 e. The molecule has 0 aliphatic rings. The van der Waals surface area contributed by atoms with Crippen molar-refractivity contribution >= 4 is 23.6 Å². The van der Waals surface area contributed by atoms with E-state index in [1.807, 2.05) is 30.3 Å². The first-order valence-electron chi connectivity index (χ1n) is 7.29. The number of esters is 1. The lowest BCUT2D eigenvalue weighted by Gasteiger charge is -2.02. The van der Waals surface area contributed by atoms with Crippen molar-refractivity contribution in [2.24, 2.45) is 0 Å². The molecule has 0 unspecified atom stereocenters. The van der Waals surface area contributed by atoms with Crippen LogP contribution in [0.4, 0.5) is 0 Å². The van der Waals surface area contributed by atoms with Crippen molar-refractivity contribution in [2.75, 3.05) is 12.5 Å². The van der Waals surface area contributed by atoms with Crippen molar-refractivity contribution in [3.05, 3.63) is 42.0 Å². The van der Waals surface area contributed by atoms with Gasteiger partial charge in [0.2, 0.25) is 0 Å². The molecule has 0 saturated heterocycles. The Bertz CT molecular complexity index is 387. The molecule has 1 aromatic rings. The summed E-state index contributed by atoms with van der Waals surface area (Å²) in [5.74, 6) is 0.488. The van der Waals surface area contributed by atoms with Crippen molar-refractivity contribution in [2.45, 2.75) is 38.5 Å². The van der Waals surface area contributed by atoms with Crippen LogP contribution in [0.3, 0.4) is 0 Å². The second-order valence-corrected chi connectivity index (χ2v) is 5.10. The van der Waals surface area contributed by atoms with Crippen molar-refractivity contribution in [3.63, 3.8) is 0 Å². The quantitative estimate of drug-likeness (QED) is 0.267. The molecule has 0 radical (unpaired) electrons. The maximum Gasteiger partial charge on any atom is 0.330 e. The highest BCUT2D eigenvalue weighted by molar-refractivity contribution is 6.17. The van der Waals surface area contributed by atoms with Crippen molar-refractivity contribution in [1.29, 1.82) is 0 Å². The molecule has 1 rings (SSSR count). The number of halogens is 1. The van der Waals surface area contributed by atoms with Crippen LogP contribution >= 0.6 is 11.6 Å². The second-order valence-electron chi connectivity index (χ2n) is 4.72. The summed E-state index contributed by atoms with van der Waals surface area (Å²) in [6.45, 7) is 0.507. The number of rotatable bonds is 10. The molecule has 3 heteroatoms. The predicted octanol–water partition coefficient (Wildman–Crippen LogP) is 4.82. The molecule has 0 N–H and O–H groups in total. The number of ether oxygens (including phenoxy) is 1. The van der Waals surface area contributed by atoms with Crippen LogP contribution in [-0.2, 0) is 9.53 Å². The molecule has 0 amide bonds. The summed E-state index contributed by atoms with van der Waals surface area (Å²) in [7, 11) is 0. The number of carbonyl (C=O) groups excluding carboxylic acids is 1. The van der Waals surface area contributed by atoms with E-state index in [-0.39, 0.29) is 5.97 Å². The Morgan fingerprint density at radius 1 is 1.00 bits per heavy atom. The first-order valence-corrected chi connectivity index (χ1v) is 7.82. The van der Waals surface area contributed by atoms with Gasteiger partial charge in [0.05, 0.1) is 6.61 Å². The summed E-state index contributed by atoms with van der Waals surface area (Å²) in [6.07, 6.45) is 10.0. The molecule has 0 aliphatic carbocycles. The Morgan fingerprint density at radius 2 is 1.65 bits per heavy atom. The topological polar surface area (TPSA) is 26.3 Å². The van der Waals surface area contributed by atoms with Gasteiger partial charge < -0.3 is 4.74 Å². The minimum absolute atomic E-state index is 0.268. The number of alkyl halides is 1. The number of hydrogen-bond acceptors (Lipinski definition) is 2. The molecule has 0 atom stereocenters. The maximum absolute atomic E-state index is 11.5. The van der Waals surface area contributed by atoms with Gasteiger partial charge in [-0.1, -0.05) is 56.0 Å².